The molecule has 8 heteroatoms. The Kier molecular flexibility index (Phi) is 11.3. The molecular weight excluding hydrogens is 1290 g/mol. The van der Waals surface area contributed by atoms with E-state index in [0.717, 1.165) is 188 Å². The van der Waals surface area contributed by atoms with Crippen molar-refractivity contribution in [2.45, 2.75) is 0 Å². The van der Waals surface area contributed by atoms with Gasteiger partial charge < -0.3 is 31.5 Å². The monoisotopic (exact) mass is 1340 g/mol. The molecule has 0 saturated carbocycles. The fourth-order valence-electron chi connectivity index (χ4n) is 17.8. The maximum Gasteiger partial charge on any atom is 0.145 e. The molecule has 0 aliphatic rings. The first kappa shape index (κ1) is 56.1. The number of hydrogen-bond acceptors (Lipinski definition) is 4. The summed E-state index contributed by atoms with van der Waals surface area (Å²) >= 11 is 1.88. The molecule has 24 aromatic rings. The minimum absolute atomic E-state index is 0.836. The number of para-hydroxylation sites is 7. The van der Waals surface area contributed by atoms with E-state index in [0.29, 0.717) is 0 Å². The lowest BCUT2D eigenvalue weighted by Crippen LogP contribution is -1.94. The van der Waals surface area contributed by atoms with Crippen molar-refractivity contribution in [1.82, 2.24) is 18.3 Å². The van der Waals surface area contributed by atoms with E-state index in [-0.39, 0.29) is 0 Å². The second kappa shape index (κ2) is 21.0. The van der Waals surface area contributed by atoms with Crippen molar-refractivity contribution in [3.8, 4) is 56.1 Å². The van der Waals surface area contributed by atoms with Crippen LogP contribution in [0.4, 0.5) is 0 Å². The van der Waals surface area contributed by atoms with Crippen LogP contribution in [0.3, 0.4) is 0 Å². The van der Waals surface area contributed by atoms with Gasteiger partial charge in [0.2, 0.25) is 0 Å². The fraction of sp³-hybridized carbons (Fsp3) is 0. The van der Waals surface area contributed by atoms with E-state index in [1.807, 2.05) is 23.5 Å². The largest absolute Gasteiger partial charge is 0.456 e. The second-order valence-electron chi connectivity index (χ2n) is 27.8. The Morgan fingerprint density at radius 3 is 1.22 bits per heavy atom. The smallest absolute Gasteiger partial charge is 0.145 e. The van der Waals surface area contributed by atoms with Crippen LogP contribution in [-0.2, 0) is 0 Å². The second-order valence-corrected chi connectivity index (χ2v) is 28.8. The van der Waals surface area contributed by atoms with E-state index in [1.165, 1.54) is 41.7 Å². The Labute approximate surface area is 595 Å². The predicted octanol–water partition coefficient (Wildman–Crippen LogP) is 27.1. The highest BCUT2D eigenvalue weighted by molar-refractivity contribution is 7.27. The maximum absolute atomic E-state index is 7.46. The van der Waals surface area contributed by atoms with Crippen molar-refractivity contribution in [2.75, 3.05) is 0 Å². The maximum atomic E-state index is 7.46. The quantitative estimate of drug-likeness (QED) is 0.160. The van der Waals surface area contributed by atoms with E-state index < -0.39 is 0 Å². The van der Waals surface area contributed by atoms with Crippen LogP contribution in [0.25, 0.3) is 229 Å². The first-order valence-electron chi connectivity index (χ1n) is 35.4. The molecule has 0 aliphatic heterocycles. The molecule has 24 rings (SSSR count). The van der Waals surface area contributed by atoms with Crippen LogP contribution in [0.2, 0.25) is 0 Å². The molecule has 0 fully saturated rings. The van der Waals surface area contributed by atoms with Crippen molar-refractivity contribution in [3.63, 3.8) is 0 Å². The summed E-state index contributed by atoms with van der Waals surface area (Å²) in [4.78, 5) is 0. The van der Waals surface area contributed by atoms with Crippen LogP contribution in [0, 0.1) is 0 Å². The molecule has 0 N–H and O–H groups in total. The van der Waals surface area contributed by atoms with E-state index in [2.05, 4.69) is 334 Å². The molecule has 104 heavy (non-hydrogen) atoms. The van der Waals surface area contributed by atoms with Gasteiger partial charge >= 0.3 is 0 Å². The van der Waals surface area contributed by atoms with Gasteiger partial charge in [0, 0.05) is 131 Å². The number of thiophene rings is 1. The number of hydrogen-bond donors (Lipinski definition) is 0. The Hall–Kier alpha value is -13.7. The Bertz CT molecular complexity index is 7830. The van der Waals surface area contributed by atoms with E-state index in [4.69, 9.17) is 13.3 Å². The molecule has 8 heterocycles. The first-order valence-corrected chi connectivity index (χ1v) is 36.3. The van der Waals surface area contributed by atoms with Crippen molar-refractivity contribution in [3.05, 3.63) is 328 Å². The van der Waals surface area contributed by atoms with Gasteiger partial charge in [0.25, 0.3) is 0 Å². The molecule has 0 unspecified atom stereocenters. The summed E-state index contributed by atoms with van der Waals surface area (Å²) in [6.07, 6.45) is 0. The van der Waals surface area contributed by atoms with E-state index >= 15 is 0 Å². The van der Waals surface area contributed by atoms with E-state index in [9.17, 15) is 0 Å². The van der Waals surface area contributed by atoms with Gasteiger partial charge in [0.15, 0.2) is 0 Å². The van der Waals surface area contributed by atoms with Crippen molar-refractivity contribution in [1.29, 1.82) is 0 Å². The highest BCUT2D eigenvalue weighted by atomic mass is 32.1. The average molecular weight is 1340 g/mol. The summed E-state index contributed by atoms with van der Waals surface area (Å²) in [5, 5.41) is 18.5. The molecule has 0 amide bonds. The minimum Gasteiger partial charge on any atom is -0.456 e. The number of furan rings is 3. The van der Waals surface area contributed by atoms with Gasteiger partial charge in [-0.25, -0.2) is 0 Å². The van der Waals surface area contributed by atoms with Gasteiger partial charge in [-0.05, 0) is 161 Å². The van der Waals surface area contributed by atoms with Crippen LogP contribution in [-0.4, -0.2) is 18.3 Å². The summed E-state index contributed by atoms with van der Waals surface area (Å²) in [5.74, 6) is 0. The van der Waals surface area contributed by atoms with E-state index in [1.54, 1.807) is 0 Å². The summed E-state index contributed by atoms with van der Waals surface area (Å²) in [7, 11) is 0. The molecule has 0 radical (unpaired) electrons. The number of rotatable bonds is 7. The normalized spacial score (nSPS) is 12.4. The number of nitrogens with zero attached hydrogens (tertiary/aromatic N) is 4. The number of fused-ring (bicyclic) bond motifs is 26. The molecule has 0 atom stereocenters. The highest BCUT2D eigenvalue weighted by Gasteiger charge is 2.27. The minimum atomic E-state index is 0.836. The fourth-order valence-corrected chi connectivity index (χ4v) is 19.1. The number of aromatic nitrogens is 4. The van der Waals surface area contributed by atoms with Crippen LogP contribution in [0.5, 0.6) is 0 Å². The third-order valence-electron chi connectivity index (χ3n) is 22.3. The van der Waals surface area contributed by atoms with Crippen molar-refractivity contribution >= 4 is 185 Å². The van der Waals surface area contributed by atoms with Gasteiger partial charge in [-0.3, -0.25) is 0 Å². The number of benzene rings is 16. The van der Waals surface area contributed by atoms with Gasteiger partial charge in [0.1, 0.15) is 33.5 Å². The SMILES string of the molecule is c1ccc(-n2c3ccc(-c4ccc5c6c7sc8ccccc8c7c(-c7cccc8c7oc7cc9c(cc78)c7cc(-c8ccc%10c%11c%12oc%13ccccc%13c%12ccc%11n(-c%11ccccc%11)c%10c8)ccc7n9-c7ccccc7)cc6n(-c6ccccc6)c5c4)cc3c3cc4c(cc32)oc2ccccc24)cc1. The van der Waals surface area contributed by atoms with Crippen molar-refractivity contribution in [2.24, 2.45) is 0 Å². The third kappa shape index (κ3) is 7.78. The zero-order chi connectivity index (χ0) is 67.6. The lowest BCUT2D eigenvalue weighted by molar-refractivity contribution is 0.669. The molecule has 0 saturated heterocycles. The van der Waals surface area contributed by atoms with Crippen molar-refractivity contribution < 1.29 is 13.3 Å². The van der Waals surface area contributed by atoms with Crippen LogP contribution in [0.1, 0.15) is 0 Å². The molecule has 0 spiro atoms. The average Bonchev–Trinajstić information content (AvgIpc) is 1.53. The predicted molar refractivity (Wildman–Crippen MR) is 435 cm³/mol. The van der Waals surface area contributed by atoms with Crippen LogP contribution in [0.15, 0.2) is 341 Å². The zero-order valence-electron chi connectivity index (χ0n) is 55.6. The Morgan fingerprint density at radius 2 is 0.615 bits per heavy atom. The van der Waals surface area contributed by atoms with Gasteiger partial charge in [-0.1, -0.05) is 182 Å². The lowest BCUT2D eigenvalue weighted by Gasteiger charge is -2.11. The van der Waals surface area contributed by atoms with Gasteiger partial charge in [-0.15, -0.1) is 11.3 Å². The molecule has 0 bridgehead atoms. The summed E-state index contributed by atoms with van der Waals surface area (Å²) in [5.41, 5.74) is 25.3. The standard InChI is InChI=1S/C96H54N4O3S/c1-5-20-59(21-6-1)97-78-43-39-56(46-71(78)73-50-75-64-29-14-16-33-86(64)101-88(75)53-83(73)97)58-37-41-69-82(49-58)100(62-26-11-4-12-27-62)85-52-77(91-70-30-15-18-35-90(70)104-96(91)93(69)85)66-32-19-31-65-76-51-74-72-47-55(38-44-79(72)98(60-22-7-2-8-23-60)84(74)54-89(76)103-94(65)66)57-36-40-68-81(48-57)99(61-24-9-3-10-25-61)80-45-42-67-63-28-13-17-34-87(63)102-95(67)92(68)80/h1-54H. The molecule has 7 nitrogen and oxygen atoms in total. The third-order valence-corrected chi connectivity index (χ3v) is 23.5. The molecule has 0 aliphatic carbocycles. The molecule has 482 valence electrons. The Morgan fingerprint density at radius 1 is 0.202 bits per heavy atom. The Balaban J connectivity index is 0.703. The van der Waals surface area contributed by atoms with Gasteiger partial charge in [-0.2, -0.15) is 0 Å². The first-order chi connectivity index (χ1) is 51.6. The highest BCUT2D eigenvalue weighted by Crippen LogP contribution is 2.52. The summed E-state index contributed by atoms with van der Waals surface area (Å²) in [6, 6.07) is 120. The molecule has 8 aromatic heterocycles. The zero-order valence-corrected chi connectivity index (χ0v) is 56.4. The van der Waals surface area contributed by atoms with Gasteiger partial charge in [0.05, 0.1) is 49.5 Å². The molecular formula is C96H54N4O3S. The summed E-state index contributed by atoms with van der Waals surface area (Å²) < 4.78 is 32.9. The van der Waals surface area contributed by atoms with Crippen LogP contribution >= 0.6 is 11.3 Å². The lowest BCUT2D eigenvalue weighted by atomic mass is 9.95. The molecule has 16 aromatic carbocycles. The topological polar surface area (TPSA) is 59.1 Å². The van der Waals surface area contributed by atoms with Crippen LogP contribution < -0.4 is 0 Å². The summed E-state index contributed by atoms with van der Waals surface area (Å²) in [6.45, 7) is 0.